The van der Waals surface area contributed by atoms with E-state index in [1.165, 1.54) is 0 Å². The Balaban J connectivity index is 3.23. The maximum Gasteiger partial charge on any atom is 0.293 e. The highest BCUT2D eigenvalue weighted by Crippen LogP contribution is 2.15. The van der Waals surface area contributed by atoms with Gasteiger partial charge < -0.3 is 9.47 Å². The van der Waals surface area contributed by atoms with Gasteiger partial charge in [-0.2, -0.15) is 0 Å². The van der Waals surface area contributed by atoms with Crippen molar-refractivity contribution in [2.75, 3.05) is 16.8 Å². The number of hydrogen-bond acceptors (Lipinski definition) is 3. The van der Waals surface area contributed by atoms with Gasteiger partial charge in [-0.25, -0.2) is 4.98 Å². The van der Waals surface area contributed by atoms with Crippen molar-refractivity contribution in [1.82, 2.24) is 9.55 Å². The van der Waals surface area contributed by atoms with Gasteiger partial charge in [-0.3, -0.25) is 4.79 Å². The maximum atomic E-state index is 12.5. The molecule has 19 heavy (non-hydrogen) atoms. The third-order valence-corrected chi connectivity index (χ3v) is 3.74. The maximum absolute atomic E-state index is 12.5. The van der Waals surface area contributed by atoms with Gasteiger partial charge >= 0.3 is 0 Å². The van der Waals surface area contributed by atoms with Crippen LogP contribution in [0.4, 0.5) is 5.82 Å². The molecule has 4 nitrogen and oxygen atoms in total. The Morgan fingerprint density at radius 1 is 1.37 bits per heavy atom. The van der Waals surface area contributed by atoms with Crippen LogP contribution >= 0.6 is 15.9 Å². The Kier molecular flexibility index (Phi) is 6.55. The molecule has 0 amide bonds. The largest absolute Gasteiger partial charge is 0.348 e. The molecule has 1 aromatic heterocycles. The summed E-state index contributed by atoms with van der Waals surface area (Å²) in [6.45, 7) is 9.13. The molecular weight excluding hydrogens is 306 g/mol. The van der Waals surface area contributed by atoms with E-state index in [1.807, 2.05) is 13.8 Å². The van der Waals surface area contributed by atoms with Crippen molar-refractivity contribution in [2.45, 2.75) is 52.6 Å². The van der Waals surface area contributed by atoms with Crippen LogP contribution in [0.15, 0.2) is 17.2 Å². The Bertz CT molecular complexity index is 441. The number of nitrogens with zero attached hydrogens (tertiary/aromatic N) is 3. The lowest BCUT2D eigenvalue weighted by Gasteiger charge is -2.30. The lowest BCUT2D eigenvalue weighted by molar-refractivity contribution is 0.540. The molecule has 0 fully saturated rings. The smallest absolute Gasteiger partial charge is 0.293 e. The molecular formula is C14H24BrN3O. The molecule has 1 heterocycles. The van der Waals surface area contributed by atoms with Gasteiger partial charge in [0.1, 0.15) is 0 Å². The van der Waals surface area contributed by atoms with Crippen LogP contribution in [0.1, 0.15) is 46.6 Å². The van der Waals surface area contributed by atoms with Crippen molar-refractivity contribution in [3.63, 3.8) is 0 Å². The predicted octanol–water partition coefficient (Wildman–Crippen LogP) is 3.21. The molecule has 5 heteroatoms. The van der Waals surface area contributed by atoms with Crippen LogP contribution in [0, 0.1) is 0 Å². The number of halogens is 1. The quantitative estimate of drug-likeness (QED) is 0.721. The number of anilines is 1. The van der Waals surface area contributed by atoms with Crippen LogP contribution in [0.25, 0.3) is 0 Å². The van der Waals surface area contributed by atoms with Crippen molar-refractivity contribution in [3.8, 4) is 0 Å². The molecule has 0 unspecified atom stereocenters. The van der Waals surface area contributed by atoms with E-state index in [1.54, 1.807) is 17.0 Å². The van der Waals surface area contributed by atoms with E-state index in [0.717, 1.165) is 24.7 Å². The van der Waals surface area contributed by atoms with E-state index in [4.69, 9.17) is 0 Å². The summed E-state index contributed by atoms with van der Waals surface area (Å²) >= 11 is 3.47. The summed E-state index contributed by atoms with van der Waals surface area (Å²) in [7, 11) is 0. The predicted molar refractivity (Wildman–Crippen MR) is 84.4 cm³/mol. The van der Waals surface area contributed by atoms with Crippen molar-refractivity contribution in [2.24, 2.45) is 0 Å². The Labute approximate surface area is 124 Å². The lowest BCUT2D eigenvalue weighted by Crippen LogP contribution is -2.41. The Hall–Kier alpha value is -0.840. The van der Waals surface area contributed by atoms with Crippen LogP contribution in [-0.2, 0) is 0 Å². The van der Waals surface area contributed by atoms with Crippen molar-refractivity contribution >= 4 is 21.7 Å². The fraction of sp³-hybridized carbons (Fsp3) is 0.714. The van der Waals surface area contributed by atoms with Crippen LogP contribution in [-0.4, -0.2) is 27.5 Å². The van der Waals surface area contributed by atoms with E-state index in [-0.39, 0.29) is 11.6 Å². The minimum atomic E-state index is 0.00495. The second kappa shape index (κ2) is 7.68. The Morgan fingerprint density at radius 3 is 2.47 bits per heavy atom. The van der Waals surface area contributed by atoms with Crippen LogP contribution in [0.5, 0.6) is 0 Å². The topological polar surface area (TPSA) is 38.1 Å². The van der Waals surface area contributed by atoms with Gasteiger partial charge in [0.25, 0.3) is 5.56 Å². The molecule has 0 spiro atoms. The minimum Gasteiger partial charge on any atom is -0.348 e. The number of aromatic nitrogens is 2. The molecule has 0 aliphatic carbocycles. The van der Waals surface area contributed by atoms with Gasteiger partial charge in [0.15, 0.2) is 5.82 Å². The summed E-state index contributed by atoms with van der Waals surface area (Å²) in [5.41, 5.74) is 0.00495. The first-order valence-corrected chi connectivity index (χ1v) is 8.08. The van der Waals surface area contributed by atoms with E-state index >= 15 is 0 Å². The SMILES string of the molecule is CCC(CC)N(CCBr)c1nccn(C(C)C)c1=O. The summed E-state index contributed by atoms with van der Waals surface area (Å²) in [6.07, 6.45) is 5.51. The molecule has 0 aliphatic rings. The molecule has 1 rings (SSSR count). The minimum absolute atomic E-state index is 0.00495. The molecule has 0 atom stereocenters. The molecule has 0 bridgehead atoms. The number of alkyl halides is 1. The molecule has 0 saturated heterocycles. The van der Waals surface area contributed by atoms with Gasteiger partial charge in [0.2, 0.25) is 0 Å². The van der Waals surface area contributed by atoms with E-state index in [9.17, 15) is 4.79 Å². The second-order valence-corrected chi connectivity index (χ2v) is 5.70. The van der Waals surface area contributed by atoms with Gasteiger partial charge in [-0.05, 0) is 26.7 Å². The van der Waals surface area contributed by atoms with Crippen LogP contribution in [0.3, 0.4) is 0 Å². The lowest BCUT2D eigenvalue weighted by atomic mass is 10.1. The third-order valence-electron chi connectivity index (χ3n) is 3.39. The normalized spacial score (nSPS) is 11.3. The van der Waals surface area contributed by atoms with Gasteiger partial charge in [-0.15, -0.1) is 0 Å². The monoisotopic (exact) mass is 329 g/mol. The van der Waals surface area contributed by atoms with E-state index in [0.29, 0.717) is 11.9 Å². The summed E-state index contributed by atoms with van der Waals surface area (Å²) in [5, 5.41) is 0.835. The standard InChI is InChI=1S/C14H24BrN3O/c1-5-12(6-2)18(9-7-15)13-14(19)17(11(3)4)10-8-16-13/h8,10-12H,5-7,9H2,1-4H3. The molecule has 0 aliphatic heterocycles. The zero-order valence-electron chi connectivity index (χ0n) is 12.3. The van der Waals surface area contributed by atoms with Crippen molar-refractivity contribution in [3.05, 3.63) is 22.7 Å². The molecule has 0 N–H and O–H groups in total. The van der Waals surface area contributed by atoms with Crippen LogP contribution < -0.4 is 10.5 Å². The van der Waals surface area contributed by atoms with Crippen LogP contribution in [0.2, 0.25) is 0 Å². The molecule has 1 aromatic rings. The second-order valence-electron chi connectivity index (χ2n) is 4.91. The molecule has 0 aromatic carbocycles. The fourth-order valence-corrected chi connectivity index (χ4v) is 2.68. The first-order valence-electron chi connectivity index (χ1n) is 6.96. The van der Waals surface area contributed by atoms with E-state index in [2.05, 4.69) is 39.7 Å². The molecule has 108 valence electrons. The van der Waals surface area contributed by atoms with Crippen molar-refractivity contribution < 1.29 is 0 Å². The summed E-state index contributed by atoms with van der Waals surface area (Å²) < 4.78 is 1.74. The number of hydrogen-bond donors (Lipinski definition) is 0. The average Bonchev–Trinajstić information content (AvgIpc) is 2.39. The molecule has 0 radical (unpaired) electrons. The zero-order valence-corrected chi connectivity index (χ0v) is 13.9. The summed E-state index contributed by atoms with van der Waals surface area (Å²) in [4.78, 5) is 19.0. The Morgan fingerprint density at radius 2 is 2.00 bits per heavy atom. The fourth-order valence-electron chi connectivity index (χ4n) is 2.30. The van der Waals surface area contributed by atoms with Gasteiger partial charge in [-0.1, -0.05) is 29.8 Å². The summed E-state index contributed by atoms with van der Waals surface area (Å²) in [6, 6.07) is 0.516. The zero-order chi connectivity index (χ0) is 14.4. The third kappa shape index (κ3) is 3.81. The highest BCUT2D eigenvalue weighted by atomic mass is 79.9. The van der Waals surface area contributed by atoms with Crippen molar-refractivity contribution in [1.29, 1.82) is 0 Å². The number of rotatable bonds is 7. The van der Waals surface area contributed by atoms with Gasteiger partial charge in [0.05, 0.1) is 0 Å². The van der Waals surface area contributed by atoms with E-state index < -0.39 is 0 Å². The highest BCUT2D eigenvalue weighted by Gasteiger charge is 2.20. The highest BCUT2D eigenvalue weighted by molar-refractivity contribution is 9.09. The first-order chi connectivity index (χ1) is 9.06. The first kappa shape index (κ1) is 16.2. The molecule has 0 saturated carbocycles. The van der Waals surface area contributed by atoms with Gasteiger partial charge in [0, 0.05) is 36.4 Å². The summed E-state index contributed by atoms with van der Waals surface area (Å²) in [5.74, 6) is 0.573. The average molecular weight is 330 g/mol.